The molecule has 1 heterocycles. The molecule has 3 rings (SSSR count). The number of hydrogen-bond acceptors (Lipinski definition) is 7. The molecule has 2 N–H and O–H groups in total. The molecule has 0 spiro atoms. The first-order valence-corrected chi connectivity index (χ1v) is 12.4. The first-order valence-electron chi connectivity index (χ1n) is 10.1. The lowest BCUT2D eigenvalue weighted by Gasteiger charge is -2.10. The molecule has 2 aromatic carbocycles. The summed E-state index contributed by atoms with van der Waals surface area (Å²) in [6, 6.07) is 11.9. The number of carbonyl (C=O) groups is 1. The van der Waals surface area contributed by atoms with Gasteiger partial charge in [0, 0.05) is 12.5 Å². The molecule has 0 atom stereocenters. The Balaban J connectivity index is 1.58. The Hall–Kier alpha value is -2.98. The monoisotopic (exact) mass is 474 g/mol. The summed E-state index contributed by atoms with van der Waals surface area (Å²) in [6.45, 7) is 6.28. The minimum absolute atomic E-state index is 0.135. The first kappa shape index (κ1) is 23.7. The van der Waals surface area contributed by atoms with Gasteiger partial charge in [0.25, 0.3) is 15.9 Å². The SMILES string of the molecule is COc1cc(C)ccc1C(=O)NCCc1ccc(S(=O)(=O)Nc2nnc(C(C)C)s2)cc1. The maximum Gasteiger partial charge on any atom is 0.263 e. The predicted octanol–water partition coefficient (Wildman–Crippen LogP) is 3.75. The van der Waals surface area contributed by atoms with Gasteiger partial charge in [0.2, 0.25) is 5.13 Å². The van der Waals surface area contributed by atoms with Crippen LogP contribution >= 0.6 is 11.3 Å². The van der Waals surface area contributed by atoms with Crippen molar-refractivity contribution in [1.29, 1.82) is 0 Å². The third-order valence-corrected chi connectivity index (χ3v) is 7.31. The highest BCUT2D eigenvalue weighted by atomic mass is 32.2. The van der Waals surface area contributed by atoms with E-state index >= 15 is 0 Å². The largest absolute Gasteiger partial charge is 0.496 e. The molecule has 0 radical (unpaired) electrons. The Kier molecular flexibility index (Phi) is 7.47. The number of amides is 1. The number of rotatable bonds is 9. The van der Waals surface area contributed by atoms with Crippen LogP contribution in [0, 0.1) is 6.92 Å². The van der Waals surface area contributed by atoms with E-state index in [-0.39, 0.29) is 21.9 Å². The van der Waals surface area contributed by atoms with Gasteiger partial charge in [-0.2, -0.15) is 0 Å². The average molecular weight is 475 g/mol. The van der Waals surface area contributed by atoms with E-state index in [0.717, 1.165) is 16.1 Å². The maximum atomic E-state index is 12.6. The van der Waals surface area contributed by atoms with Crippen LogP contribution in [-0.2, 0) is 16.4 Å². The van der Waals surface area contributed by atoms with Crippen LogP contribution in [0.3, 0.4) is 0 Å². The number of carbonyl (C=O) groups excluding carboxylic acids is 1. The molecule has 0 saturated carbocycles. The fraction of sp³-hybridized carbons (Fsp3) is 0.318. The summed E-state index contributed by atoms with van der Waals surface area (Å²) in [4.78, 5) is 12.6. The molecule has 0 aliphatic carbocycles. The summed E-state index contributed by atoms with van der Waals surface area (Å²) in [5, 5.41) is 11.8. The van der Waals surface area contributed by atoms with E-state index in [1.54, 1.807) is 18.2 Å². The smallest absolute Gasteiger partial charge is 0.263 e. The summed E-state index contributed by atoms with van der Waals surface area (Å²) in [6.07, 6.45) is 0.557. The second kappa shape index (κ2) is 10.1. The molecule has 0 aliphatic heterocycles. The Labute approximate surface area is 192 Å². The molecule has 10 heteroatoms. The van der Waals surface area contributed by atoms with Crippen LogP contribution in [0.15, 0.2) is 47.4 Å². The number of hydrogen-bond donors (Lipinski definition) is 2. The summed E-state index contributed by atoms with van der Waals surface area (Å²) < 4.78 is 32.9. The van der Waals surface area contributed by atoms with E-state index in [9.17, 15) is 13.2 Å². The minimum Gasteiger partial charge on any atom is -0.496 e. The highest BCUT2D eigenvalue weighted by Gasteiger charge is 2.18. The number of nitrogens with zero attached hydrogens (tertiary/aromatic N) is 2. The second-order valence-electron chi connectivity index (χ2n) is 7.56. The highest BCUT2D eigenvalue weighted by molar-refractivity contribution is 7.93. The van der Waals surface area contributed by atoms with Crippen LogP contribution in [0.2, 0.25) is 0 Å². The van der Waals surface area contributed by atoms with Crippen molar-refractivity contribution in [1.82, 2.24) is 15.5 Å². The first-order chi connectivity index (χ1) is 15.2. The Bertz CT molecular complexity index is 1190. The van der Waals surface area contributed by atoms with Crippen LogP contribution in [-0.4, -0.2) is 38.2 Å². The quantitative estimate of drug-likeness (QED) is 0.489. The molecule has 1 aromatic heterocycles. The zero-order valence-corrected chi connectivity index (χ0v) is 20.0. The van der Waals surface area contributed by atoms with E-state index in [0.29, 0.717) is 24.3 Å². The van der Waals surface area contributed by atoms with Crippen molar-refractivity contribution in [3.8, 4) is 5.75 Å². The molecule has 1 amide bonds. The van der Waals surface area contributed by atoms with Crippen molar-refractivity contribution in [3.63, 3.8) is 0 Å². The molecular weight excluding hydrogens is 448 g/mol. The molecule has 170 valence electrons. The lowest BCUT2D eigenvalue weighted by molar-refractivity contribution is 0.0951. The molecule has 0 aliphatic rings. The van der Waals surface area contributed by atoms with Crippen molar-refractivity contribution in [2.45, 2.75) is 38.0 Å². The third kappa shape index (κ3) is 5.83. The van der Waals surface area contributed by atoms with Gasteiger partial charge in [-0.15, -0.1) is 10.2 Å². The number of nitrogens with one attached hydrogen (secondary N) is 2. The molecule has 0 fully saturated rings. The fourth-order valence-electron chi connectivity index (χ4n) is 2.92. The van der Waals surface area contributed by atoms with Crippen LogP contribution in [0.25, 0.3) is 0 Å². The molecule has 3 aromatic rings. The Morgan fingerprint density at radius 2 is 1.84 bits per heavy atom. The van der Waals surface area contributed by atoms with Crippen LogP contribution in [0.5, 0.6) is 5.75 Å². The zero-order valence-electron chi connectivity index (χ0n) is 18.4. The van der Waals surface area contributed by atoms with Crippen molar-refractivity contribution >= 4 is 32.4 Å². The van der Waals surface area contributed by atoms with Crippen LogP contribution in [0.4, 0.5) is 5.13 Å². The summed E-state index contributed by atoms with van der Waals surface area (Å²) in [5.74, 6) is 0.487. The van der Waals surface area contributed by atoms with Gasteiger partial charge in [0.05, 0.1) is 17.6 Å². The summed E-state index contributed by atoms with van der Waals surface area (Å²) >= 11 is 1.22. The molecule has 0 bridgehead atoms. The number of methoxy groups -OCH3 is 1. The topological polar surface area (TPSA) is 110 Å². The van der Waals surface area contributed by atoms with Crippen molar-refractivity contribution in [2.75, 3.05) is 18.4 Å². The number of benzene rings is 2. The van der Waals surface area contributed by atoms with Crippen LogP contribution in [0.1, 0.15) is 46.3 Å². The molecule has 0 saturated heterocycles. The predicted molar refractivity (Wildman–Crippen MR) is 125 cm³/mol. The summed E-state index contributed by atoms with van der Waals surface area (Å²) in [5.41, 5.74) is 2.38. The highest BCUT2D eigenvalue weighted by Crippen LogP contribution is 2.25. The number of aromatic nitrogens is 2. The van der Waals surface area contributed by atoms with Gasteiger partial charge in [-0.25, -0.2) is 8.42 Å². The van der Waals surface area contributed by atoms with Gasteiger partial charge in [-0.3, -0.25) is 9.52 Å². The Morgan fingerprint density at radius 1 is 1.12 bits per heavy atom. The van der Waals surface area contributed by atoms with Gasteiger partial charge < -0.3 is 10.1 Å². The van der Waals surface area contributed by atoms with Gasteiger partial charge in [0.15, 0.2) is 0 Å². The number of aryl methyl sites for hydroxylation is 1. The fourth-order valence-corrected chi connectivity index (χ4v) is 4.90. The van der Waals surface area contributed by atoms with Gasteiger partial charge in [0.1, 0.15) is 10.8 Å². The molecule has 8 nitrogen and oxygen atoms in total. The lowest BCUT2D eigenvalue weighted by atomic mass is 10.1. The number of anilines is 1. The average Bonchev–Trinajstić information content (AvgIpc) is 3.22. The van der Waals surface area contributed by atoms with Crippen molar-refractivity contribution in [3.05, 3.63) is 64.2 Å². The second-order valence-corrected chi connectivity index (χ2v) is 10.3. The summed E-state index contributed by atoms with van der Waals surface area (Å²) in [7, 11) is -2.22. The van der Waals surface area contributed by atoms with Gasteiger partial charge in [-0.05, 0) is 48.7 Å². The number of ether oxygens (including phenoxy) is 1. The van der Waals surface area contributed by atoms with Crippen molar-refractivity contribution in [2.24, 2.45) is 0 Å². The molecule has 32 heavy (non-hydrogen) atoms. The Morgan fingerprint density at radius 3 is 2.47 bits per heavy atom. The third-order valence-electron chi connectivity index (χ3n) is 4.69. The van der Waals surface area contributed by atoms with Crippen LogP contribution < -0.4 is 14.8 Å². The lowest BCUT2D eigenvalue weighted by Crippen LogP contribution is -2.26. The van der Waals surface area contributed by atoms with Gasteiger partial charge >= 0.3 is 0 Å². The normalized spacial score (nSPS) is 11.4. The van der Waals surface area contributed by atoms with E-state index < -0.39 is 10.0 Å². The minimum atomic E-state index is -3.75. The van der Waals surface area contributed by atoms with E-state index in [2.05, 4.69) is 20.2 Å². The van der Waals surface area contributed by atoms with E-state index in [4.69, 9.17) is 4.74 Å². The molecular formula is C22H26N4O4S2. The maximum absolute atomic E-state index is 12.6. The van der Waals surface area contributed by atoms with Gasteiger partial charge in [-0.1, -0.05) is 43.4 Å². The van der Waals surface area contributed by atoms with E-state index in [1.807, 2.05) is 32.9 Å². The zero-order chi connectivity index (χ0) is 23.3. The van der Waals surface area contributed by atoms with E-state index in [1.165, 1.54) is 30.6 Å². The van der Waals surface area contributed by atoms with Crippen molar-refractivity contribution < 1.29 is 17.9 Å². The number of sulfonamides is 1. The molecule has 0 unspecified atom stereocenters. The standard InChI is InChI=1S/C22H26N4O4S2/c1-14(2)21-24-25-22(31-21)26-32(28,29)17-8-6-16(7-9-17)11-12-23-20(27)18-10-5-15(3)13-19(18)30-4/h5-10,13-14H,11-12H2,1-4H3,(H,23,27)(H,25,26).